The lowest BCUT2D eigenvalue weighted by Crippen LogP contribution is -2.32. The first-order chi connectivity index (χ1) is 12.0. The molecule has 0 aliphatic heterocycles. The molecule has 0 fully saturated rings. The number of methoxy groups -OCH3 is 1. The highest BCUT2D eigenvalue weighted by molar-refractivity contribution is 5.95. The van der Waals surface area contributed by atoms with Crippen LogP contribution in [0.2, 0.25) is 0 Å². The van der Waals surface area contributed by atoms with Gasteiger partial charge < -0.3 is 10.1 Å². The number of halogens is 2. The molecule has 6 heteroatoms. The maximum Gasteiger partial charge on any atom is 0.257 e. The highest BCUT2D eigenvalue weighted by atomic mass is 19.1. The lowest BCUT2D eigenvalue weighted by atomic mass is 9.87. The van der Waals surface area contributed by atoms with Crippen molar-refractivity contribution in [3.8, 4) is 11.8 Å². The Morgan fingerprint density at radius 1 is 1.28 bits per heavy atom. The number of nitrogens with zero attached hydrogens (tertiary/aromatic N) is 1. The first-order valence-electron chi connectivity index (χ1n) is 7.90. The second kappa shape index (κ2) is 6.89. The Morgan fingerprint density at radius 2 is 2.00 bits per heavy atom. The van der Waals surface area contributed by atoms with Gasteiger partial charge >= 0.3 is 0 Å². The first-order valence-corrected chi connectivity index (χ1v) is 7.90. The lowest BCUT2D eigenvalue weighted by Gasteiger charge is -2.27. The summed E-state index contributed by atoms with van der Waals surface area (Å²) in [5, 5.41) is 11.4. The molecule has 1 amide bonds. The lowest BCUT2D eigenvalue weighted by molar-refractivity contribution is 0.0924. The van der Waals surface area contributed by atoms with Crippen LogP contribution in [0.5, 0.6) is 5.75 Å². The van der Waals surface area contributed by atoms with Gasteiger partial charge in [-0.2, -0.15) is 5.26 Å². The molecule has 0 bridgehead atoms. The summed E-state index contributed by atoms with van der Waals surface area (Å²) in [6.07, 6.45) is 2.40. The van der Waals surface area contributed by atoms with Gasteiger partial charge in [-0.05, 0) is 54.7 Å². The topological polar surface area (TPSA) is 62.1 Å². The van der Waals surface area contributed by atoms with Crippen molar-refractivity contribution in [2.45, 2.75) is 25.3 Å². The second-order valence-electron chi connectivity index (χ2n) is 5.91. The Kier molecular flexibility index (Phi) is 4.66. The number of aryl methyl sites for hydroxylation is 1. The fraction of sp³-hybridized carbons (Fsp3) is 0.263. The summed E-state index contributed by atoms with van der Waals surface area (Å²) in [6, 6.07) is 8.63. The summed E-state index contributed by atoms with van der Waals surface area (Å²) in [5.41, 5.74) is 1.15. The molecule has 0 spiro atoms. The van der Waals surface area contributed by atoms with Crippen LogP contribution in [-0.2, 0) is 6.42 Å². The molecular formula is C19H16F2N2O2. The average Bonchev–Trinajstić information content (AvgIpc) is 2.60. The van der Waals surface area contributed by atoms with Gasteiger partial charge in [0.05, 0.1) is 24.8 Å². The minimum Gasteiger partial charge on any atom is -0.497 e. The summed E-state index contributed by atoms with van der Waals surface area (Å²) in [4.78, 5) is 12.4. The molecule has 0 saturated carbocycles. The van der Waals surface area contributed by atoms with Crippen LogP contribution in [0.4, 0.5) is 8.78 Å². The van der Waals surface area contributed by atoms with Crippen LogP contribution in [0.1, 0.15) is 45.9 Å². The van der Waals surface area contributed by atoms with Crippen molar-refractivity contribution in [2.24, 2.45) is 0 Å². The fourth-order valence-corrected chi connectivity index (χ4v) is 3.15. The quantitative estimate of drug-likeness (QED) is 0.926. The predicted molar refractivity (Wildman–Crippen MR) is 87.2 cm³/mol. The van der Waals surface area contributed by atoms with Gasteiger partial charge in [0.1, 0.15) is 22.9 Å². The standard InChI is InChI=1S/C19H16F2N2O2/c1-25-13-5-6-14-12(9-13)3-2-4-17(14)23-19(24)18-15(20)7-11(10-22)8-16(18)21/h5-9,17H,2-4H2,1H3,(H,23,24)/t17-/m1/s1. The minimum atomic E-state index is -1.04. The summed E-state index contributed by atoms with van der Waals surface area (Å²) < 4.78 is 33.3. The molecule has 0 heterocycles. The molecule has 2 aromatic rings. The summed E-state index contributed by atoms with van der Waals surface area (Å²) in [7, 11) is 1.58. The van der Waals surface area contributed by atoms with Crippen molar-refractivity contribution in [3.05, 3.63) is 64.2 Å². The fourth-order valence-electron chi connectivity index (χ4n) is 3.15. The van der Waals surface area contributed by atoms with Gasteiger partial charge in [-0.1, -0.05) is 6.07 Å². The van der Waals surface area contributed by atoms with Crippen molar-refractivity contribution in [1.29, 1.82) is 5.26 Å². The monoisotopic (exact) mass is 342 g/mol. The summed E-state index contributed by atoms with van der Waals surface area (Å²) in [6.45, 7) is 0. The van der Waals surface area contributed by atoms with E-state index in [2.05, 4.69) is 5.32 Å². The number of hydrogen-bond acceptors (Lipinski definition) is 3. The first kappa shape index (κ1) is 16.9. The van der Waals surface area contributed by atoms with Crippen LogP contribution in [0.3, 0.4) is 0 Å². The summed E-state index contributed by atoms with van der Waals surface area (Å²) >= 11 is 0. The van der Waals surface area contributed by atoms with E-state index >= 15 is 0 Å². The maximum atomic E-state index is 14.0. The Balaban J connectivity index is 1.87. The number of ether oxygens (including phenoxy) is 1. The maximum absolute atomic E-state index is 14.0. The van der Waals surface area contributed by atoms with E-state index in [4.69, 9.17) is 10.00 Å². The van der Waals surface area contributed by atoms with Gasteiger partial charge in [-0.15, -0.1) is 0 Å². The van der Waals surface area contributed by atoms with Crippen molar-refractivity contribution < 1.29 is 18.3 Å². The van der Waals surface area contributed by atoms with E-state index in [0.717, 1.165) is 41.9 Å². The van der Waals surface area contributed by atoms with Gasteiger partial charge in [-0.3, -0.25) is 4.79 Å². The second-order valence-corrected chi connectivity index (χ2v) is 5.91. The number of benzene rings is 2. The van der Waals surface area contributed by atoms with Gasteiger partial charge in [0.15, 0.2) is 0 Å². The van der Waals surface area contributed by atoms with Gasteiger partial charge in [0, 0.05) is 0 Å². The van der Waals surface area contributed by atoms with E-state index in [1.54, 1.807) is 19.2 Å². The zero-order chi connectivity index (χ0) is 18.0. The number of nitriles is 1. The van der Waals surface area contributed by atoms with E-state index in [1.165, 1.54) is 0 Å². The van der Waals surface area contributed by atoms with E-state index in [0.29, 0.717) is 6.42 Å². The molecule has 3 rings (SSSR count). The third kappa shape index (κ3) is 3.31. The molecule has 1 N–H and O–H groups in total. The van der Waals surface area contributed by atoms with Crippen molar-refractivity contribution in [1.82, 2.24) is 5.32 Å². The molecule has 2 aromatic carbocycles. The number of nitrogens with one attached hydrogen (secondary N) is 1. The molecule has 0 saturated heterocycles. The van der Waals surface area contributed by atoms with E-state index in [-0.39, 0.29) is 11.6 Å². The van der Waals surface area contributed by atoms with Gasteiger partial charge in [0.2, 0.25) is 0 Å². The van der Waals surface area contributed by atoms with Gasteiger partial charge in [-0.25, -0.2) is 8.78 Å². The van der Waals surface area contributed by atoms with Crippen LogP contribution < -0.4 is 10.1 Å². The SMILES string of the molecule is COc1ccc2c(c1)CCC[C@H]2NC(=O)c1c(F)cc(C#N)cc1F. The Morgan fingerprint density at radius 3 is 2.64 bits per heavy atom. The molecule has 1 atom stereocenters. The molecular weight excluding hydrogens is 326 g/mol. The summed E-state index contributed by atoms with van der Waals surface area (Å²) in [5.74, 6) is -2.18. The van der Waals surface area contributed by atoms with Crippen LogP contribution in [-0.4, -0.2) is 13.0 Å². The number of hydrogen-bond donors (Lipinski definition) is 1. The van der Waals surface area contributed by atoms with Crippen LogP contribution in [0.25, 0.3) is 0 Å². The smallest absolute Gasteiger partial charge is 0.257 e. The Labute approximate surface area is 144 Å². The number of carbonyl (C=O) groups excluding carboxylic acids is 1. The zero-order valence-electron chi connectivity index (χ0n) is 13.6. The van der Waals surface area contributed by atoms with Crippen molar-refractivity contribution in [3.63, 3.8) is 0 Å². The van der Waals surface area contributed by atoms with E-state index in [1.807, 2.05) is 12.1 Å². The molecule has 0 aromatic heterocycles. The van der Waals surface area contributed by atoms with E-state index in [9.17, 15) is 13.6 Å². The van der Waals surface area contributed by atoms with Crippen LogP contribution in [0.15, 0.2) is 30.3 Å². The Hall–Kier alpha value is -2.94. The number of amides is 1. The number of fused-ring (bicyclic) bond motifs is 1. The van der Waals surface area contributed by atoms with Crippen molar-refractivity contribution >= 4 is 5.91 Å². The molecule has 4 nitrogen and oxygen atoms in total. The highest BCUT2D eigenvalue weighted by Crippen LogP contribution is 2.32. The molecule has 0 radical (unpaired) electrons. The number of rotatable bonds is 3. The zero-order valence-corrected chi connectivity index (χ0v) is 13.6. The Bertz CT molecular complexity index is 851. The van der Waals surface area contributed by atoms with Crippen LogP contribution >= 0.6 is 0 Å². The van der Waals surface area contributed by atoms with Crippen LogP contribution in [0, 0.1) is 23.0 Å². The third-order valence-electron chi connectivity index (χ3n) is 4.37. The van der Waals surface area contributed by atoms with Crippen molar-refractivity contribution in [2.75, 3.05) is 7.11 Å². The molecule has 0 unspecified atom stereocenters. The minimum absolute atomic E-state index is 0.165. The molecule has 128 valence electrons. The normalized spacial score (nSPS) is 15.8. The molecule has 25 heavy (non-hydrogen) atoms. The molecule has 1 aliphatic carbocycles. The third-order valence-corrected chi connectivity index (χ3v) is 4.37. The van der Waals surface area contributed by atoms with E-state index < -0.39 is 23.1 Å². The largest absolute Gasteiger partial charge is 0.497 e. The number of carbonyl (C=O) groups is 1. The average molecular weight is 342 g/mol. The molecule has 1 aliphatic rings. The predicted octanol–water partition coefficient (Wildman–Crippen LogP) is 3.65. The highest BCUT2D eigenvalue weighted by Gasteiger charge is 2.26. The van der Waals surface area contributed by atoms with Gasteiger partial charge in [0.25, 0.3) is 5.91 Å².